The van der Waals surface area contributed by atoms with Gasteiger partial charge in [0.1, 0.15) is 0 Å². The summed E-state index contributed by atoms with van der Waals surface area (Å²) in [4.78, 5) is 0. The second-order valence-electron chi connectivity index (χ2n) is 8.60. The molecule has 1 heterocycles. The van der Waals surface area contributed by atoms with Gasteiger partial charge in [0.05, 0.1) is 19.3 Å². The van der Waals surface area contributed by atoms with Crippen molar-refractivity contribution in [1.29, 1.82) is 0 Å². The summed E-state index contributed by atoms with van der Waals surface area (Å²) in [6.45, 7) is 3.41. The zero-order valence-electron chi connectivity index (χ0n) is 13.5. The van der Waals surface area contributed by atoms with Crippen molar-refractivity contribution in [3.8, 4) is 0 Å². The maximum Gasteiger partial charge on any atom is 0.165 e. The predicted molar refractivity (Wildman–Crippen MR) is 83.0 cm³/mol. The first kappa shape index (κ1) is 14.0. The molecule has 8 atom stereocenters. The Morgan fingerprint density at radius 3 is 2.59 bits per heavy atom. The van der Waals surface area contributed by atoms with Crippen LogP contribution in [0.1, 0.15) is 39.0 Å². The molecule has 3 nitrogen and oxygen atoms in total. The minimum atomic E-state index is -0.448. The Morgan fingerprint density at radius 2 is 1.82 bits per heavy atom. The molecule has 0 aromatic heterocycles. The molecule has 3 heteroatoms. The van der Waals surface area contributed by atoms with E-state index >= 15 is 0 Å². The van der Waals surface area contributed by atoms with E-state index < -0.39 is 5.79 Å². The van der Waals surface area contributed by atoms with Crippen molar-refractivity contribution in [2.45, 2.75) is 50.9 Å². The van der Waals surface area contributed by atoms with Crippen LogP contribution < -0.4 is 0 Å². The Labute approximate surface area is 133 Å². The number of hydrogen-bond donors (Lipinski definition) is 1. The summed E-state index contributed by atoms with van der Waals surface area (Å²) in [6, 6.07) is 0. The fourth-order valence-corrected chi connectivity index (χ4v) is 6.83. The first-order chi connectivity index (χ1) is 10.6. The van der Waals surface area contributed by atoms with Crippen LogP contribution in [0.5, 0.6) is 0 Å². The molecular weight excluding hydrogens is 276 g/mol. The molecular formula is C19H28O3. The summed E-state index contributed by atoms with van der Waals surface area (Å²) in [5, 5.41) is 10.8. The zero-order chi connectivity index (χ0) is 14.9. The molecule has 5 rings (SSSR count). The molecule has 0 aromatic carbocycles. The standard InChI is InChI=1S/C19H28O3/c1-19(21-6-7-22-19)5-4-16(20)14-9-13-10-15(14)18-12-3-2-11(8-12)17(13)18/h2-3,11-18,20H,4-10H2,1H3. The lowest BCUT2D eigenvalue weighted by Gasteiger charge is -2.39. The molecule has 0 spiro atoms. The zero-order valence-corrected chi connectivity index (χ0v) is 13.5. The van der Waals surface area contributed by atoms with Crippen molar-refractivity contribution in [2.75, 3.05) is 13.2 Å². The predicted octanol–water partition coefficient (Wildman–Crippen LogP) is 2.98. The highest BCUT2D eigenvalue weighted by Gasteiger charge is 2.61. The van der Waals surface area contributed by atoms with E-state index in [1.54, 1.807) is 0 Å². The van der Waals surface area contributed by atoms with Crippen LogP contribution in [0, 0.1) is 41.4 Å². The Kier molecular flexibility index (Phi) is 3.06. The van der Waals surface area contributed by atoms with Crippen LogP contribution in [-0.4, -0.2) is 30.2 Å². The number of aliphatic hydroxyl groups is 1. The molecule has 0 amide bonds. The van der Waals surface area contributed by atoms with E-state index in [1.165, 1.54) is 19.3 Å². The number of aliphatic hydroxyl groups excluding tert-OH is 1. The summed E-state index contributed by atoms with van der Waals surface area (Å²) in [5.41, 5.74) is 0. The average molecular weight is 304 g/mol. The van der Waals surface area contributed by atoms with E-state index in [0.29, 0.717) is 19.1 Å². The first-order valence-corrected chi connectivity index (χ1v) is 9.29. The molecule has 1 aliphatic heterocycles. The fraction of sp³-hybridized carbons (Fsp3) is 0.895. The lowest BCUT2D eigenvalue weighted by atomic mass is 9.67. The third-order valence-corrected chi connectivity index (χ3v) is 7.61. The molecule has 4 fully saturated rings. The van der Waals surface area contributed by atoms with Gasteiger partial charge >= 0.3 is 0 Å². The third kappa shape index (κ3) is 1.91. The molecule has 1 saturated heterocycles. The Bertz CT molecular complexity index is 481. The maximum absolute atomic E-state index is 10.8. The van der Waals surface area contributed by atoms with E-state index in [9.17, 15) is 5.11 Å². The highest BCUT2D eigenvalue weighted by molar-refractivity contribution is 5.21. The third-order valence-electron chi connectivity index (χ3n) is 7.61. The Morgan fingerprint density at radius 1 is 1.09 bits per heavy atom. The molecule has 1 N–H and O–H groups in total. The van der Waals surface area contributed by atoms with Gasteiger partial charge in [-0.15, -0.1) is 0 Å². The van der Waals surface area contributed by atoms with Gasteiger partial charge in [0.15, 0.2) is 5.79 Å². The van der Waals surface area contributed by atoms with E-state index in [0.717, 1.165) is 48.3 Å². The molecule has 0 radical (unpaired) electrons. The number of hydrogen-bond acceptors (Lipinski definition) is 3. The van der Waals surface area contributed by atoms with Crippen molar-refractivity contribution in [2.24, 2.45) is 41.4 Å². The van der Waals surface area contributed by atoms with Gasteiger partial charge < -0.3 is 14.6 Å². The van der Waals surface area contributed by atoms with E-state index in [-0.39, 0.29) is 6.10 Å². The second kappa shape index (κ2) is 4.81. The average Bonchev–Trinajstić information content (AvgIpc) is 3.28. The summed E-state index contributed by atoms with van der Waals surface area (Å²) >= 11 is 0. The van der Waals surface area contributed by atoms with Crippen molar-refractivity contribution in [3.63, 3.8) is 0 Å². The van der Waals surface area contributed by atoms with Crippen molar-refractivity contribution < 1.29 is 14.6 Å². The highest BCUT2D eigenvalue weighted by atomic mass is 16.7. The van der Waals surface area contributed by atoms with Crippen LogP contribution >= 0.6 is 0 Å². The Balaban J connectivity index is 1.25. The van der Waals surface area contributed by atoms with Crippen LogP contribution in [0.25, 0.3) is 0 Å². The number of allylic oxidation sites excluding steroid dienone is 2. The van der Waals surface area contributed by atoms with E-state index in [1.807, 2.05) is 6.92 Å². The van der Waals surface area contributed by atoms with E-state index in [4.69, 9.17) is 9.47 Å². The van der Waals surface area contributed by atoms with Gasteiger partial charge in [-0.1, -0.05) is 12.2 Å². The van der Waals surface area contributed by atoms with Crippen LogP contribution in [-0.2, 0) is 9.47 Å². The summed E-state index contributed by atoms with van der Waals surface area (Å²) in [5.74, 6) is 5.32. The highest BCUT2D eigenvalue weighted by Crippen LogP contribution is 2.67. The normalized spacial score (nSPS) is 51.6. The van der Waals surface area contributed by atoms with E-state index in [2.05, 4.69) is 12.2 Å². The largest absolute Gasteiger partial charge is 0.393 e. The molecule has 22 heavy (non-hydrogen) atoms. The van der Waals surface area contributed by atoms with Crippen molar-refractivity contribution in [1.82, 2.24) is 0 Å². The van der Waals surface area contributed by atoms with Gasteiger partial charge in [0, 0.05) is 6.42 Å². The molecule has 3 saturated carbocycles. The second-order valence-corrected chi connectivity index (χ2v) is 8.60. The Hall–Kier alpha value is -0.380. The van der Waals surface area contributed by atoms with Gasteiger partial charge in [-0.2, -0.15) is 0 Å². The summed E-state index contributed by atoms with van der Waals surface area (Å²) in [6.07, 6.45) is 10.5. The molecule has 8 unspecified atom stereocenters. The smallest absolute Gasteiger partial charge is 0.165 e. The topological polar surface area (TPSA) is 38.7 Å². The quantitative estimate of drug-likeness (QED) is 0.641. The van der Waals surface area contributed by atoms with Gasteiger partial charge in [0.25, 0.3) is 0 Å². The first-order valence-electron chi connectivity index (χ1n) is 9.29. The van der Waals surface area contributed by atoms with Crippen LogP contribution in [0.15, 0.2) is 12.2 Å². The lowest BCUT2D eigenvalue weighted by molar-refractivity contribution is -0.153. The summed E-state index contributed by atoms with van der Waals surface area (Å²) in [7, 11) is 0. The number of rotatable bonds is 4. The molecule has 4 bridgehead atoms. The maximum atomic E-state index is 10.8. The van der Waals surface area contributed by atoms with Crippen LogP contribution in [0.3, 0.4) is 0 Å². The molecule has 122 valence electrons. The number of ether oxygens (including phenoxy) is 2. The van der Waals surface area contributed by atoms with Gasteiger partial charge in [0.2, 0.25) is 0 Å². The molecule has 4 aliphatic carbocycles. The SMILES string of the molecule is CC1(CCC(O)C2CC3CC2C2C4C=CC(C4)C32)OCCO1. The van der Waals surface area contributed by atoms with Crippen molar-refractivity contribution in [3.05, 3.63) is 12.2 Å². The lowest BCUT2D eigenvalue weighted by Crippen LogP contribution is -2.37. The minimum Gasteiger partial charge on any atom is -0.393 e. The molecule has 0 aromatic rings. The van der Waals surface area contributed by atoms with Crippen molar-refractivity contribution >= 4 is 0 Å². The van der Waals surface area contributed by atoms with Crippen LogP contribution in [0.2, 0.25) is 0 Å². The monoisotopic (exact) mass is 304 g/mol. The van der Waals surface area contributed by atoms with Gasteiger partial charge in [-0.25, -0.2) is 0 Å². The van der Waals surface area contributed by atoms with Crippen LogP contribution in [0.4, 0.5) is 0 Å². The fourth-order valence-electron chi connectivity index (χ4n) is 6.83. The summed E-state index contributed by atoms with van der Waals surface area (Å²) < 4.78 is 11.4. The number of fused-ring (bicyclic) bond motifs is 9. The molecule has 5 aliphatic rings. The minimum absolute atomic E-state index is 0.163. The van der Waals surface area contributed by atoms with Gasteiger partial charge in [-0.3, -0.25) is 0 Å². The van der Waals surface area contributed by atoms with Gasteiger partial charge in [-0.05, 0) is 74.0 Å².